The third-order valence-corrected chi connectivity index (χ3v) is 2.21. The van der Waals surface area contributed by atoms with Crippen molar-refractivity contribution in [1.29, 1.82) is 0 Å². The van der Waals surface area contributed by atoms with Crippen molar-refractivity contribution < 1.29 is 9.59 Å². The SMILES string of the molecule is CNCCCNC(=O)C1CCC(=O)N1. The number of hydrogen-bond acceptors (Lipinski definition) is 3. The van der Waals surface area contributed by atoms with E-state index in [4.69, 9.17) is 0 Å². The molecule has 1 fully saturated rings. The topological polar surface area (TPSA) is 70.2 Å². The van der Waals surface area contributed by atoms with Gasteiger partial charge in [-0.25, -0.2) is 0 Å². The monoisotopic (exact) mass is 199 g/mol. The molecule has 3 N–H and O–H groups in total. The largest absolute Gasteiger partial charge is 0.354 e. The van der Waals surface area contributed by atoms with Crippen LogP contribution in [0.5, 0.6) is 0 Å². The summed E-state index contributed by atoms with van der Waals surface area (Å²) in [6, 6.07) is -0.308. The van der Waals surface area contributed by atoms with Gasteiger partial charge in [-0.2, -0.15) is 0 Å². The van der Waals surface area contributed by atoms with E-state index in [-0.39, 0.29) is 17.9 Å². The highest BCUT2D eigenvalue weighted by Crippen LogP contribution is 2.05. The first-order valence-corrected chi connectivity index (χ1v) is 4.95. The molecule has 0 aliphatic carbocycles. The van der Waals surface area contributed by atoms with Crippen LogP contribution in [-0.2, 0) is 9.59 Å². The molecule has 14 heavy (non-hydrogen) atoms. The molecule has 5 heteroatoms. The molecule has 1 rings (SSSR count). The number of carbonyl (C=O) groups is 2. The quantitative estimate of drug-likeness (QED) is 0.497. The predicted molar refractivity (Wildman–Crippen MR) is 52.7 cm³/mol. The third kappa shape index (κ3) is 3.33. The van der Waals surface area contributed by atoms with Gasteiger partial charge in [0.2, 0.25) is 11.8 Å². The molecule has 80 valence electrons. The van der Waals surface area contributed by atoms with Crippen LogP contribution < -0.4 is 16.0 Å². The van der Waals surface area contributed by atoms with Gasteiger partial charge in [-0.1, -0.05) is 0 Å². The van der Waals surface area contributed by atoms with E-state index in [0.29, 0.717) is 19.4 Å². The Hall–Kier alpha value is -1.10. The second-order valence-electron chi connectivity index (χ2n) is 3.41. The Morgan fingerprint density at radius 2 is 2.36 bits per heavy atom. The average molecular weight is 199 g/mol. The lowest BCUT2D eigenvalue weighted by molar-refractivity contribution is -0.125. The summed E-state index contributed by atoms with van der Waals surface area (Å²) >= 11 is 0. The van der Waals surface area contributed by atoms with Gasteiger partial charge >= 0.3 is 0 Å². The van der Waals surface area contributed by atoms with Crippen molar-refractivity contribution in [2.75, 3.05) is 20.1 Å². The minimum absolute atomic E-state index is 0.0274. The summed E-state index contributed by atoms with van der Waals surface area (Å²) in [5.74, 6) is -0.0904. The zero-order valence-electron chi connectivity index (χ0n) is 8.43. The summed E-state index contributed by atoms with van der Waals surface area (Å²) in [4.78, 5) is 22.2. The molecule has 0 aromatic carbocycles. The van der Waals surface area contributed by atoms with E-state index in [2.05, 4.69) is 16.0 Å². The molecule has 1 saturated heterocycles. The first kappa shape index (κ1) is 11.0. The van der Waals surface area contributed by atoms with Gasteiger partial charge in [-0.15, -0.1) is 0 Å². The summed E-state index contributed by atoms with van der Waals surface area (Å²) in [6.45, 7) is 1.54. The average Bonchev–Trinajstić information content (AvgIpc) is 2.59. The number of carbonyl (C=O) groups excluding carboxylic acids is 2. The Morgan fingerprint density at radius 3 is 2.93 bits per heavy atom. The summed E-state index contributed by atoms with van der Waals surface area (Å²) in [5, 5.41) is 8.41. The van der Waals surface area contributed by atoms with Crippen molar-refractivity contribution in [2.45, 2.75) is 25.3 Å². The van der Waals surface area contributed by atoms with Gasteiger partial charge < -0.3 is 16.0 Å². The van der Waals surface area contributed by atoms with Gasteiger partial charge in [0.05, 0.1) is 0 Å². The van der Waals surface area contributed by atoms with Gasteiger partial charge in [0, 0.05) is 13.0 Å². The highest BCUT2D eigenvalue weighted by molar-refractivity contribution is 5.90. The fourth-order valence-electron chi connectivity index (χ4n) is 1.41. The Kier molecular flexibility index (Phi) is 4.39. The van der Waals surface area contributed by atoms with Crippen molar-refractivity contribution in [3.8, 4) is 0 Å². The zero-order chi connectivity index (χ0) is 10.4. The Morgan fingerprint density at radius 1 is 1.57 bits per heavy atom. The van der Waals surface area contributed by atoms with Crippen LogP contribution in [0.2, 0.25) is 0 Å². The van der Waals surface area contributed by atoms with Gasteiger partial charge in [0.1, 0.15) is 6.04 Å². The van der Waals surface area contributed by atoms with Gasteiger partial charge in [-0.3, -0.25) is 9.59 Å². The van der Waals surface area contributed by atoms with Crippen LogP contribution in [0.3, 0.4) is 0 Å². The van der Waals surface area contributed by atoms with Gasteiger partial charge in [-0.05, 0) is 26.4 Å². The fourth-order valence-corrected chi connectivity index (χ4v) is 1.41. The molecule has 1 heterocycles. The molecule has 0 aromatic heterocycles. The molecule has 1 unspecified atom stereocenters. The van der Waals surface area contributed by atoms with Crippen LogP contribution in [0.1, 0.15) is 19.3 Å². The Labute approximate surface area is 83.6 Å². The van der Waals surface area contributed by atoms with E-state index in [1.165, 1.54) is 0 Å². The van der Waals surface area contributed by atoms with E-state index in [0.717, 1.165) is 13.0 Å². The molecule has 0 radical (unpaired) electrons. The van der Waals surface area contributed by atoms with Crippen molar-refractivity contribution in [2.24, 2.45) is 0 Å². The number of hydrogen-bond donors (Lipinski definition) is 3. The lowest BCUT2D eigenvalue weighted by Gasteiger charge is -2.10. The second kappa shape index (κ2) is 5.59. The molecule has 2 amide bonds. The molecule has 1 atom stereocenters. The second-order valence-corrected chi connectivity index (χ2v) is 3.41. The highest BCUT2D eigenvalue weighted by atomic mass is 16.2. The Bertz CT molecular complexity index is 218. The van der Waals surface area contributed by atoms with Crippen LogP contribution in [0.25, 0.3) is 0 Å². The number of amides is 2. The van der Waals surface area contributed by atoms with Crippen LogP contribution in [0, 0.1) is 0 Å². The number of nitrogens with one attached hydrogen (secondary N) is 3. The Balaban J connectivity index is 2.12. The third-order valence-electron chi connectivity index (χ3n) is 2.21. The molecule has 1 aliphatic rings. The van der Waals surface area contributed by atoms with Crippen LogP contribution in [0.4, 0.5) is 0 Å². The molecule has 0 bridgehead atoms. The molecule has 0 saturated carbocycles. The molecule has 5 nitrogen and oxygen atoms in total. The minimum Gasteiger partial charge on any atom is -0.354 e. The molecule has 0 spiro atoms. The fraction of sp³-hybridized carbons (Fsp3) is 0.778. The van der Waals surface area contributed by atoms with Gasteiger partial charge in [0.25, 0.3) is 0 Å². The molecule has 0 aromatic rings. The predicted octanol–water partition coefficient (Wildman–Crippen LogP) is -1.01. The zero-order valence-corrected chi connectivity index (χ0v) is 8.43. The smallest absolute Gasteiger partial charge is 0.242 e. The highest BCUT2D eigenvalue weighted by Gasteiger charge is 2.26. The molecular formula is C9H17N3O2. The summed E-state index contributed by atoms with van der Waals surface area (Å²) in [7, 11) is 1.87. The molecule has 1 aliphatic heterocycles. The summed E-state index contributed by atoms with van der Waals surface area (Å²) in [6.07, 6.45) is 1.99. The lowest BCUT2D eigenvalue weighted by Crippen LogP contribution is -2.42. The molecular weight excluding hydrogens is 182 g/mol. The van der Waals surface area contributed by atoms with E-state index in [1.54, 1.807) is 0 Å². The summed E-state index contributed by atoms with van der Waals surface area (Å²) < 4.78 is 0. The minimum atomic E-state index is -0.308. The lowest BCUT2D eigenvalue weighted by atomic mass is 10.2. The normalized spacial score (nSPS) is 20.6. The maximum Gasteiger partial charge on any atom is 0.242 e. The van der Waals surface area contributed by atoms with Crippen molar-refractivity contribution in [3.05, 3.63) is 0 Å². The van der Waals surface area contributed by atoms with Crippen LogP contribution in [0.15, 0.2) is 0 Å². The van der Waals surface area contributed by atoms with Crippen LogP contribution >= 0.6 is 0 Å². The van der Waals surface area contributed by atoms with E-state index < -0.39 is 0 Å². The van der Waals surface area contributed by atoms with Crippen molar-refractivity contribution >= 4 is 11.8 Å². The first-order valence-electron chi connectivity index (χ1n) is 4.95. The van der Waals surface area contributed by atoms with E-state index >= 15 is 0 Å². The standard InChI is InChI=1S/C9H17N3O2/c1-10-5-2-6-11-9(14)7-3-4-8(13)12-7/h7,10H,2-6H2,1H3,(H,11,14)(H,12,13). The maximum absolute atomic E-state index is 11.4. The van der Waals surface area contributed by atoms with E-state index in [1.807, 2.05) is 7.05 Å². The summed E-state index contributed by atoms with van der Waals surface area (Å²) in [5.41, 5.74) is 0. The van der Waals surface area contributed by atoms with Crippen LogP contribution in [-0.4, -0.2) is 38.0 Å². The maximum atomic E-state index is 11.4. The van der Waals surface area contributed by atoms with Crippen molar-refractivity contribution in [1.82, 2.24) is 16.0 Å². The number of rotatable bonds is 5. The van der Waals surface area contributed by atoms with Crippen molar-refractivity contribution in [3.63, 3.8) is 0 Å². The first-order chi connectivity index (χ1) is 6.74. The van der Waals surface area contributed by atoms with Gasteiger partial charge in [0.15, 0.2) is 0 Å². The van der Waals surface area contributed by atoms with E-state index in [9.17, 15) is 9.59 Å².